The lowest BCUT2D eigenvalue weighted by Gasteiger charge is -2.16. The van der Waals surface area contributed by atoms with Crippen molar-refractivity contribution in [1.82, 2.24) is 0 Å². The first-order chi connectivity index (χ1) is 7.72. The molecule has 0 spiro atoms. The zero-order valence-electron chi connectivity index (χ0n) is 11.0. The normalized spacial score (nSPS) is 10.8. The summed E-state index contributed by atoms with van der Waals surface area (Å²) in [5, 5.41) is 0. The predicted molar refractivity (Wildman–Crippen MR) is 70.1 cm³/mol. The fraction of sp³-hybridized carbons (Fsp3) is 0.600. The summed E-state index contributed by atoms with van der Waals surface area (Å²) >= 11 is 0. The van der Waals surface area contributed by atoms with E-state index in [0.29, 0.717) is 5.92 Å². The predicted octanol–water partition coefficient (Wildman–Crippen LogP) is 4.37. The summed E-state index contributed by atoms with van der Waals surface area (Å²) in [5.41, 5.74) is 2.69. The lowest BCUT2D eigenvalue weighted by molar-refractivity contribution is 0.239. The Hall–Kier alpha value is -0.980. The van der Waals surface area contributed by atoms with Crippen LogP contribution >= 0.6 is 0 Å². The number of rotatable bonds is 6. The van der Waals surface area contributed by atoms with Crippen LogP contribution in [0, 0.1) is 12.8 Å². The van der Waals surface area contributed by atoms with Gasteiger partial charge < -0.3 is 4.74 Å². The lowest BCUT2D eigenvalue weighted by atomic mass is 10.0. The van der Waals surface area contributed by atoms with Crippen molar-refractivity contribution in [2.45, 2.75) is 47.0 Å². The van der Waals surface area contributed by atoms with Crippen LogP contribution in [-0.2, 0) is 6.42 Å². The van der Waals surface area contributed by atoms with Crippen LogP contribution in [0.3, 0.4) is 0 Å². The fourth-order valence-corrected chi connectivity index (χ4v) is 1.93. The van der Waals surface area contributed by atoms with E-state index >= 15 is 0 Å². The number of hydrogen-bond acceptors (Lipinski definition) is 1. The van der Waals surface area contributed by atoms with Gasteiger partial charge in [0.2, 0.25) is 0 Å². The molecule has 1 nitrogen and oxygen atoms in total. The lowest BCUT2D eigenvalue weighted by Crippen LogP contribution is -2.11. The summed E-state index contributed by atoms with van der Waals surface area (Å²) in [6.07, 6.45) is 3.47. The van der Waals surface area contributed by atoms with Crippen LogP contribution in [-0.4, -0.2) is 6.61 Å². The van der Waals surface area contributed by atoms with Gasteiger partial charge in [-0.2, -0.15) is 0 Å². The van der Waals surface area contributed by atoms with Gasteiger partial charge in [-0.1, -0.05) is 45.7 Å². The summed E-state index contributed by atoms with van der Waals surface area (Å²) < 4.78 is 5.92. The number of hydrogen-bond donors (Lipinski definition) is 0. The Bertz CT molecular complexity index is 313. The highest BCUT2D eigenvalue weighted by Gasteiger charge is 2.07. The van der Waals surface area contributed by atoms with E-state index in [-0.39, 0.29) is 0 Å². The second-order valence-corrected chi connectivity index (χ2v) is 4.39. The molecule has 0 fully saturated rings. The topological polar surface area (TPSA) is 9.23 Å². The van der Waals surface area contributed by atoms with Gasteiger partial charge >= 0.3 is 0 Å². The maximum atomic E-state index is 5.92. The van der Waals surface area contributed by atoms with Crippen LogP contribution < -0.4 is 4.74 Å². The Morgan fingerprint density at radius 2 is 1.81 bits per heavy atom. The van der Waals surface area contributed by atoms with Gasteiger partial charge in [0.15, 0.2) is 0 Å². The van der Waals surface area contributed by atoms with Crippen LogP contribution in [0.25, 0.3) is 0 Å². The molecule has 0 bridgehead atoms. The molecule has 0 saturated heterocycles. The number of benzene rings is 1. The van der Waals surface area contributed by atoms with Gasteiger partial charge in [-0.3, -0.25) is 0 Å². The van der Waals surface area contributed by atoms with E-state index < -0.39 is 0 Å². The number of ether oxygens (including phenoxy) is 1. The Morgan fingerprint density at radius 3 is 2.38 bits per heavy atom. The van der Waals surface area contributed by atoms with Crippen LogP contribution in [0.2, 0.25) is 0 Å². The third-order valence-electron chi connectivity index (χ3n) is 3.41. The van der Waals surface area contributed by atoms with E-state index in [1.807, 2.05) is 0 Å². The Labute approximate surface area is 99.8 Å². The monoisotopic (exact) mass is 220 g/mol. The molecule has 1 aromatic carbocycles. The average Bonchev–Trinajstić information content (AvgIpc) is 2.32. The van der Waals surface area contributed by atoms with Gasteiger partial charge in [0.25, 0.3) is 0 Å². The molecule has 16 heavy (non-hydrogen) atoms. The van der Waals surface area contributed by atoms with Crippen LogP contribution in [0.1, 0.15) is 44.7 Å². The van der Waals surface area contributed by atoms with Gasteiger partial charge in [0, 0.05) is 0 Å². The molecule has 0 aliphatic carbocycles. The molecule has 0 atom stereocenters. The third-order valence-corrected chi connectivity index (χ3v) is 3.41. The first-order valence-electron chi connectivity index (χ1n) is 6.44. The van der Waals surface area contributed by atoms with Gasteiger partial charge in [-0.05, 0) is 36.5 Å². The molecule has 0 aromatic heterocycles. The minimum atomic E-state index is 0.685. The van der Waals surface area contributed by atoms with Crippen LogP contribution in [0.4, 0.5) is 0 Å². The van der Waals surface area contributed by atoms with E-state index in [4.69, 9.17) is 4.74 Å². The number of aryl methyl sites for hydroxylation is 1. The van der Waals surface area contributed by atoms with Crippen molar-refractivity contribution in [3.63, 3.8) is 0 Å². The van der Waals surface area contributed by atoms with Crippen LogP contribution in [0.5, 0.6) is 5.75 Å². The quantitative estimate of drug-likeness (QED) is 0.691. The highest BCUT2D eigenvalue weighted by atomic mass is 16.5. The first-order valence-corrected chi connectivity index (χ1v) is 6.44. The fourth-order valence-electron chi connectivity index (χ4n) is 1.93. The molecule has 0 heterocycles. The molecule has 90 valence electrons. The minimum Gasteiger partial charge on any atom is -0.493 e. The Balaban J connectivity index is 2.66. The van der Waals surface area contributed by atoms with Crippen molar-refractivity contribution < 1.29 is 4.74 Å². The first kappa shape index (κ1) is 13.1. The summed E-state index contributed by atoms with van der Waals surface area (Å²) in [6, 6.07) is 6.35. The van der Waals surface area contributed by atoms with Gasteiger partial charge in [-0.15, -0.1) is 0 Å². The molecular weight excluding hydrogens is 196 g/mol. The maximum Gasteiger partial charge on any atom is 0.122 e. The van der Waals surface area contributed by atoms with Crippen molar-refractivity contribution in [3.8, 4) is 5.75 Å². The second kappa shape index (κ2) is 6.57. The largest absolute Gasteiger partial charge is 0.493 e. The van der Waals surface area contributed by atoms with E-state index in [1.165, 1.54) is 24.0 Å². The third kappa shape index (κ3) is 3.26. The van der Waals surface area contributed by atoms with Gasteiger partial charge in [-0.25, -0.2) is 0 Å². The highest BCUT2D eigenvalue weighted by molar-refractivity contribution is 5.39. The van der Waals surface area contributed by atoms with Crippen LogP contribution in [0.15, 0.2) is 18.2 Å². The summed E-state index contributed by atoms with van der Waals surface area (Å²) in [4.78, 5) is 0. The standard InChI is InChI=1S/C15H24O/c1-5-13(6-2)11-16-15-10-8-9-14(7-3)12(15)4/h8-10,13H,5-7,11H2,1-4H3. The maximum absolute atomic E-state index is 5.92. The molecule has 1 heteroatoms. The molecule has 1 aromatic rings. The molecule has 0 radical (unpaired) electrons. The zero-order chi connectivity index (χ0) is 12.0. The Morgan fingerprint density at radius 1 is 1.12 bits per heavy atom. The van der Waals surface area contributed by atoms with Crippen molar-refractivity contribution in [3.05, 3.63) is 29.3 Å². The molecule has 0 amide bonds. The van der Waals surface area contributed by atoms with E-state index in [2.05, 4.69) is 45.9 Å². The van der Waals surface area contributed by atoms with Crippen molar-refractivity contribution in [2.75, 3.05) is 6.61 Å². The average molecular weight is 220 g/mol. The Kier molecular flexibility index (Phi) is 5.37. The molecule has 0 aliphatic rings. The van der Waals surface area contributed by atoms with E-state index in [1.54, 1.807) is 0 Å². The highest BCUT2D eigenvalue weighted by Crippen LogP contribution is 2.23. The SMILES string of the molecule is CCc1cccc(OCC(CC)CC)c1C. The minimum absolute atomic E-state index is 0.685. The van der Waals surface area contributed by atoms with Crippen molar-refractivity contribution >= 4 is 0 Å². The van der Waals surface area contributed by atoms with Crippen molar-refractivity contribution in [2.24, 2.45) is 5.92 Å². The molecule has 0 unspecified atom stereocenters. The second-order valence-electron chi connectivity index (χ2n) is 4.39. The summed E-state index contributed by atoms with van der Waals surface area (Å²) in [7, 11) is 0. The van der Waals surface area contributed by atoms with Gasteiger partial charge in [0.05, 0.1) is 6.61 Å². The smallest absolute Gasteiger partial charge is 0.122 e. The van der Waals surface area contributed by atoms with Crippen molar-refractivity contribution in [1.29, 1.82) is 0 Å². The van der Waals surface area contributed by atoms with E-state index in [0.717, 1.165) is 18.8 Å². The van der Waals surface area contributed by atoms with Gasteiger partial charge in [0.1, 0.15) is 5.75 Å². The molecule has 1 rings (SSSR count). The zero-order valence-corrected chi connectivity index (χ0v) is 11.0. The molecule has 0 N–H and O–H groups in total. The van der Waals surface area contributed by atoms with E-state index in [9.17, 15) is 0 Å². The molecule has 0 aliphatic heterocycles. The molecule has 0 saturated carbocycles. The molecular formula is C15H24O. The summed E-state index contributed by atoms with van der Waals surface area (Å²) in [6.45, 7) is 9.65. The summed E-state index contributed by atoms with van der Waals surface area (Å²) in [5.74, 6) is 1.75.